The molecule has 0 bridgehead atoms. The highest BCUT2D eigenvalue weighted by atomic mass is 16.3. The Bertz CT molecular complexity index is 563. The number of amides is 1. The van der Waals surface area contributed by atoms with E-state index in [1.54, 1.807) is 11.9 Å². The van der Waals surface area contributed by atoms with Crippen LogP contribution in [-0.2, 0) is 11.3 Å². The predicted molar refractivity (Wildman–Crippen MR) is 79.6 cm³/mol. The van der Waals surface area contributed by atoms with Gasteiger partial charge in [0.25, 0.3) is 0 Å². The Kier molecular flexibility index (Phi) is 4.58. The SMILES string of the molecule is Cc1ccc(CN(C)CC(=O)N(C)c2ccccc2)o1. The van der Waals surface area contributed by atoms with Crippen LogP contribution in [0.4, 0.5) is 5.69 Å². The Hall–Kier alpha value is -2.07. The number of benzene rings is 1. The minimum Gasteiger partial charge on any atom is -0.465 e. The molecule has 0 saturated heterocycles. The topological polar surface area (TPSA) is 36.7 Å². The number of aryl methyl sites for hydroxylation is 1. The van der Waals surface area contributed by atoms with E-state index in [4.69, 9.17) is 4.42 Å². The van der Waals surface area contributed by atoms with Crippen molar-refractivity contribution >= 4 is 11.6 Å². The van der Waals surface area contributed by atoms with Gasteiger partial charge in [-0.3, -0.25) is 9.69 Å². The van der Waals surface area contributed by atoms with Crippen molar-refractivity contribution in [2.75, 3.05) is 25.5 Å². The molecule has 4 heteroatoms. The number of carbonyl (C=O) groups is 1. The molecule has 0 aliphatic heterocycles. The smallest absolute Gasteiger partial charge is 0.240 e. The van der Waals surface area contributed by atoms with Crippen LogP contribution in [0.1, 0.15) is 11.5 Å². The Labute approximate surface area is 119 Å². The van der Waals surface area contributed by atoms with E-state index in [-0.39, 0.29) is 5.91 Å². The fourth-order valence-electron chi connectivity index (χ4n) is 2.02. The summed E-state index contributed by atoms with van der Waals surface area (Å²) in [5.74, 6) is 1.82. The normalized spacial score (nSPS) is 10.8. The molecule has 106 valence electrons. The minimum atomic E-state index is 0.0574. The number of nitrogens with zero attached hydrogens (tertiary/aromatic N) is 2. The molecule has 0 N–H and O–H groups in total. The Morgan fingerprint density at radius 2 is 1.80 bits per heavy atom. The van der Waals surface area contributed by atoms with Crippen LogP contribution < -0.4 is 4.90 Å². The number of hydrogen-bond donors (Lipinski definition) is 0. The Balaban J connectivity index is 1.90. The zero-order valence-electron chi connectivity index (χ0n) is 12.2. The lowest BCUT2D eigenvalue weighted by molar-refractivity contribution is -0.119. The van der Waals surface area contributed by atoms with E-state index < -0.39 is 0 Å². The molecule has 0 spiro atoms. The number of carbonyl (C=O) groups excluding carboxylic acids is 1. The number of para-hydroxylation sites is 1. The molecule has 4 nitrogen and oxygen atoms in total. The third kappa shape index (κ3) is 3.71. The molecule has 0 atom stereocenters. The van der Waals surface area contributed by atoms with Gasteiger partial charge in [0.05, 0.1) is 13.1 Å². The van der Waals surface area contributed by atoms with Crippen molar-refractivity contribution in [1.29, 1.82) is 0 Å². The molecule has 0 unspecified atom stereocenters. The van der Waals surface area contributed by atoms with E-state index in [1.165, 1.54) is 0 Å². The molecular formula is C16H20N2O2. The third-order valence-electron chi connectivity index (χ3n) is 3.14. The molecule has 1 aromatic heterocycles. The summed E-state index contributed by atoms with van der Waals surface area (Å²) >= 11 is 0. The molecule has 0 fully saturated rings. The molecular weight excluding hydrogens is 252 g/mol. The molecule has 0 aliphatic rings. The van der Waals surface area contributed by atoms with Crippen LogP contribution in [0, 0.1) is 6.92 Å². The van der Waals surface area contributed by atoms with Gasteiger partial charge in [0.1, 0.15) is 11.5 Å². The van der Waals surface area contributed by atoms with Gasteiger partial charge in [-0.1, -0.05) is 18.2 Å². The predicted octanol–water partition coefficient (Wildman–Crippen LogP) is 2.68. The summed E-state index contributed by atoms with van der Waals surface area (Å²) in [4.78, 5) is 15.8. The van der Waals surface area contributed by atoms with Gasteiger partial charge < -0.3 is 9.32 Å². The summed E-state index contributed by atoms with van der Waals surface area (Å²) in [5.41, 5.74) is 0.903. The highest BCUT2D eigenvalue weighted by Crippen LogP contribution is 2.12. The van der Waals surface area contributed by atoms with Gasteiger partial charge in [-0.25, -0.2) is 0 Å². The van der Waals surface area contributed by atoms with Crippen molar-refractivity contribution in [3.8, 4) is 0 Å². The first-order valence-corrected chi connectivity index (χ1v) is 6.61. The molecule has 1 aromatic carbocycles. The van der Waals surface area contributed by atoms with Gasteiger partial charge in [0.15, 0.2) is 0 Å². The van der Waals surface area contributed by atoms with Crippen LogP contribution in [-0.4, -0.2) is 31.4 Å². The molecule has 2 rings (SSSR count). The van der Waals surface area contributed by atoms with E-state index in [0.717, 1.165) is 17.2 Å². The lowest BCUT2D eigenvalue weighted by Gasteiger charge is -2.21. The summed E-state index contributed by atoms with van der Waals surface area (Å²) in [5, 5.41) is 0. The van der Waals surface area contributed by atoms with E-state index in [9.17, 15) is 4.79 Å². The van der Waals surface area contributed by atoms with Crippen molar-refractivity contribution in [2.24, 2.45) is 0 Å². The number of likely N-dealkylation sites (N-methyl/N-ethyl adjacent to an activating group) is 2. The molecule has 0 saturated carbocycles. The van der Waals surface area contributed by atoms with E-state index in [0.29, 0.717) is 13.1 Å². The van der Waals surface area contributed by atoms with E-state index in [2.05, 4.69) is 0 Å². The van der Waals surface area contributed by atoms with Crippen LogP contribution >= 0.6 is 0 Å². The average Bonchev–Trinajstić information content (AvgIpc) is 2.84. The summed E-state index contributed by atoms with van der Waals surface area (Å²) in [6.07, 6.45) is 0. The summed E-state index contributed by atoms with van der Waals surface area (Å²) in [6.45, 7) is 2.89. The van der Waals surface area contributed by atoms with Crippen LogP contribution in [0.5, 0.6) is 0 Å². The Morgan fingerprint density at radius 1 is 1.10 bits per heavy atom. The molecule has 20 heavy (non-hydrogen) atoms. The van der Waals surface area contributed by atoms with E-state index in [1.807, 2.05) is 61.3 Å². The van der Waals surface area contributed by atoms with Gasteiger partial charge in [0, 0.05) is 12.7 Å². The molecule has 1 amide bonds. The Morgan fingerprint density at radius 3 is 2.40 bits per heavy atom. The van der Waals surface area contributed by atoms with Crippen LogP contribution in [0.25, 0.3) is 0 Å². The number of rotatable bonds is 5. The van der Waals surface area contributed by atoms with Gasteiger partial charge in [-0.05, 0) is 38.2 Å². The van der Waals surface area contributed by atoms with Crippen molar-refractivity contribution in [1.82, 2.24) is 4.90 Å². The van der Waals surface area contributed by atoms with Crippen LogP contribution in [0.15, 0.2) is 46.9 Å². The van der Waals surface area contributed by atoms with Crippen molar-refractivity contribution in [3.63, 3.8) is 0 Å². The van der Waals surface area contributed by atoms with Gasteiger partial charge >= 0.3 is 0 Å². The number of anilines is 1. The van der Waals surface area contributed by atoms with Crippen LogP contribution in [0.2, 0.25) is 0 Å². The maximum Gasteiger partial charge on any atom is 0.240 e. The minimum absolute atomic E-state index is 0.0574. The zero-order chi connectivity index (χ0) is 14.5. The molecule has 0 radical (unpaired) electrons. The number of hydrogen-bond acceptors (Lipinski definition) is 3. The monoisotopic (exact) mass is 272 g/mol. The lowest BCUT2D eigenvalue weighted by atomic mass is 10.3. The summed E-state index contributed by atoms with van der Waals surface area (Å²) < 4.78 is 5.51. The van der Waals surface area contributed by atoms with Gasteiger partial charge in [-0.15, -0.1) is 0 Å². The highest BCUT2D eigenvalue weighted by Gasteiger charge is 2.14. The average molecular weight is 272 g/mol. The second-order valence-electron chi connectivity index (χ2n) is 4.97. The lowest BCUT2D eigenvalue weighted by Crippen LogP contribution is -2.36. The first-order chi connectivity index (χ1) is 9.56. The fourth-order valence-corrected chi connectivity index (χ4v) is 2.02. The maximum absolute atomic E-state index is 12.2. The first-order valence-electron chi connectivity index (χ1n) is 6.61. The second kappa shape index (κ2) is 6.39. The fraction of sp³-hybridized carbons (Fsp3) is 0.312. The van der Waals surface area contributed by atoms with Gasteiger partial charge in [0.2, 0.25) is 5.91 Å². The highest BCUT2D eigenvalue weighted by molar-refractivity contribution is 5.94. The van der Waals surface area contributed by atoms with Crippen molar-refractivity contribution in [3.05, 3.63) is 54.0 Å². The van der Waals surface area contributed by atoms with Crippen LogP contribution in [0.3, 0.4) is 0 Å². The molecule has 0 aliphatic carbocycles. The second-order valence-corrected chi connectivity index (χ2v) is 4.97. The van der Waals surface area contributed by atoms with Gasteiger partial charge in [-0.2, -0.15) is 0 Å². The zero-order valence-corrected chi connectivity index (χ0v) is 12.2. The molecule has 1 heterocycles. The van der Waals surface area contributed by atoms with Crippen molar-refractivity contribution < 1.29 is 9.21 Å². The summed E-state index contributed by atoms with van der Waals surface area (Å²) in [6, 6.07) is 13.5. The number of furan rings is 1. The molecule has 2 aromatic rings. The first kappa shape index (κ1) is 14.3. The largest absolute Gasteiger partial charge is 0.465 e. The summed E-state index contributed by atoms with van der Waals surface area (Å²) in [7, 11) is 3.71. The van der Waals surface area contributed by atoms with E-state index >= 15 is 0 Å². The third-order valence-corrected chi connectivity index (χ3v) is 3.14. The van der Waals surface area contributed by atoms with Crippen molar-refractivity contribution in [2.45, 2.75) is 13.5 Å². The quantitative estimate of drug-likeness (QED) is 0.839. The maximum atomic E-state index is 12.2. The standard InChI is InChI=1S/C16H20N2O2/c1-13-9-10-15(20-13)11-17(2)12-16(19)18(3)14-7-5-4-6-8-14/h4-10H,11-12H2,1-3H3.